The van der Waals surface area contributed by atoms with Gasteiger partial charge in [-0.3, -0.25) is 0 Å². The fourth-order valence-corrected chi connectivity index (χ4v) is 3.36. The first kappa shape index (κ1) is 19.0. The number of hydrogen-bond acceptors (Lipinski definition) is 4. The van der Waals surface area contributed by atoms with E-state index in [0.29, 0.717) is 36.1 Å². The number of imidazole rings is 1. The molecule has 0 amide bonds. The van der Waals surface area contributed by atoms with Crippen molar-refractivity contribution in [2.75, 3.05) is 13.2 Å². The molecule has 3 aromatic rings. The van der Waals surface area contributed by atoms with E-state index in [0.717, 1.165) is 26.6 Å². The van der Waals surface area contributed by atoms with Crippen LogP contribution in [0.2, 0.25) is 0 Å². The normalized spacial score (nSPS) is 11.4. The third-order valence-corrected chi connectivity index (χ3v) is 4.53. The van der Waals surface area contributed by atoms with E-state index >= 15 is 0 Å². The van der Waals surface area contributed by atoms with Gasteiger partial charge in [-0.15, -0.1) is 0 Å². The Morgan fingerprint density at radius 1 is 1.22 bits per heavy atom. The van der Waals surface area contributed by atoms with Gasteiger partial charge < -0.3 is 14.5 Å². The van der Waals surface area contributed by atoms with Gasteiger partial charge in [-0.05, 0) is 78.2 Å². The van der Waals surface area contributed by atoms with Crippen molar-refractivity contribution in [1.82, 2.24) is 9.97 Å². The quantitative estimate of drug-likeness (QED) is 0.529. The zero-order valence-electron chi connectivity index (χ0n) is 15.5. The molecule has 1 heterocycles. The summed E-state index contributed by atoms with van der Waals surface area (Å²) in [6.07, 6.45) is 1.79. The van der Waals surface area contributed by atoms with Crippen LogP contribution in [0.15, 0.2) is 34.8 Å². The molecule has 3 rings (SSSR count). The van der Waals surface area contributed by atoms with Crippen LogP contribution in [0, 0.1) is 18.3 Å². The summed E-state index contributed by atoms with van der Waals surface area (Å²) in [4.78, 5) is 7.76. The molecule has 0 bridgehead atoms. The molecular formula is C21H20BrN3O2. The number of H-pyrrole nitrogens is 1. The molecular weight excluding hydrogens is 406 g/mol. The number of nitrogens with one attached hydrogen (secondary N) is 1. The van der Waals surface area contributed by atoms with Crippen LogP contribution in [0.3, 0.4) is 0 Å². The predicted octanol–water partition coefficient (Wildman–Crippen LogP) is 5.50. The van der Waals surface area contributed by atoms with Crippen molar-refractivity contribution >= 4 is 38.6 Å². The number of aryl methyl sites for hydroxylation is 1. The number of benzene rings is 2. The van der Waals surface area contributed by atoms with Gasteiger partial charge in [0.1, 0.15) is 11.9 Å². The van der Waals surface area contributed by atoms with Crippen molar-refractivity contribution in [2.24, 2.45) is 0 Å². The number of aromatic nitrogens is 2. The lowest BCUT2D eigenvalue weighted by molar-refractivity contribution is 0.286. The number of ether oxygens (including phenoxy) is 2. The van der Waals surface area contributed by atoms with E-state index in [4.69, 9.17) is 9.47 Å². The number of nitrogens with zero attached hydrogens (tertiary/aromatic N) is 2. The summed E-state index contributed by atoms with van der Waals surface area (Å²) in [5.74, 6) is 1.84. The summed E-state index contributed by atoms with van der Waals surface area (Å²) in [5, 5.41) is 9.66. The molecule has 6 heteroatoms. The second-order valence-electron chi connectivity index (χ2n) is 5.97. The van der Waals surface area contributed by atoms with Crippen molar-refractivity contribution in [3.05, 3.63) is 51.8 Å². The monoisotopic (exact) mass is 425 g/mol. The third-order valence-electron chi connectivity index (χ3n) is 3.94. The van der Waals surface area contributed by atoms with Gasteiger partial charge in [-0.1, -0.05) is 6.07 Å². The lowest BCUT2D eigenvalue weighted by Crippen LogP contribution is -1.99. The van der Waals surface area contributed by atoms with E-state index in [9.17, 15) is 5.26 Å². The lowest BCUT2D eigenvalue weighted by atomic mass is 10.1. The van der Waals surface area contributed by atoms with Gasteiger partial charge in [-0.25, -0.2) is 4.98 Å². The summed E-state index contributed by atoms with van der Waals surface area (Å²) in [5.41, 5.74) is 4.15. The Kier molecular flexibility index (Phi) is 5.82. The van der Waals surface area contributed by atoms with Gasteiger partial charge in [0.2, 0.25) is 0 Å². The Balaban J connectivity index is 2.05. The Labute approximate surface area is 166 Å². The highest BCUT2D eigenvalue weighted by atomic mass is 79.9. The van der Waals surface area contributed by atoms with Gasteiger partial charge >= 0.3 is 0 Å². The van der Waals surface area contributed by atoms with Crippen LogP contribution in [0.5, 0.6) is 11.5 Å². The molecule has 0 aliphatic rings. The number of halogens is 1. The predicted molar refractivity (Wildman–Crippen MR) is 111 cm³/mol. The van der Waals surface area contributed by atoms with E-state index in [1.807, 2.05) is 51.1 Å². The van der Waals surface area contributed by atoms with E-state index in [1.54, 1.807) is 6.08 Å². The summed E-state index contributed by atoms with van der Waals surface area (Å²) >= 11 is 3.53. The fourth-order valence-electron chi connectivity index (χ4n) is 2.79. The Hall–Kier alpha value is -2.78. The number of hydrogen-bond donors (Lipinski definition) is 1. The highest BCUT2D eigenvalue weighted by Crippen LogP contribution is 2.37. The summed E-state index contributed by atoms with van der Waals surface area (Å²) < 4.78 is 12.1. The second-order valence-corrected chi connectivity index (χ2v) is 6.83. The minimum Gasteiger partial charge on any atom is -0.490 e. The molecule has 5 nitrogen and oxygen atoms in total. The standard InChI is InChI=1S/C21H20BrN3O2/c1-4-26-19-11-14(10-16(22)20(19)27-5-2)9-15(12-23)21-24-17-7-6-13(3)8-18(17)25-21/h6-11H,4-5H2,1-3H3,(H,24,25). The van der Waals surface area contributed by atoms with Crippen LogP contribution in [-0.2, 0) is 0 Å². The summed E-state index contributed by atoms with van der Waals surface area (Å²) in [6, 6.07) is 12.0. The van der Waals surface area contributed by atoms with E-state index in [-0.39, 0.29) is 0 Å². The maximum atomic E-state index is 9.66. The molecule has 0 aliphatic carbocycles. The number of nitriles is 1. The Morgan fingerprint density at radius 3 is 2.70 bits per heavy atom. The van der Waals surface area contributed by atoms with Crippen molar-refractivity contribution in [3.8, 4) is 17.6 Å². The van der Waals surface area contributed by atoms with Crippen molar-refractivity contribution in [2.45, 2.75) is 20.8 Å². The molecule has 0 unspecified atom stereocenters. The third kappa shape index (κ3) is 4.15. The molecule has 0 saturated carbocycles. The molecule has 1 N–H and O–H groups in total. The zero-order valence-corrected chi connectivity index (χ0v) is 17.1. The van der Waals surface area contributed by atoms with Crippen LogP contribution in [0.4, 0.5) is 0 Å². The highest BCUT2D eigenvalue weighted by Gasteiger charge is 2.13. The smallest absolute Gasteiger partial charge is 0.175 e. The molecule has 0 aliphatic heterocycles. The van der Waals surface area contributed by atoms with Gasteiger partial charge in [0.25, 0.3) is 0 Å². The zero-order chi connectivity index (χ0) is 19.4. The SMILES string of the molecule is CCOc1cc(C=C(C#N)c2nc3ccc(C)cc3[nH]2)cc(Br)c1OCC. The number of fused-ring (bicyclic) bond motifs is 1. The first-order valence-corrected chi connectivity index (χ1v) is 9.52. The minimum atomic E-state index is 0.447. The van der Waals surface area contributed by atoms with E-state index in [2.05, 4.69) is 32.0 Å². The fraction of sp³-hybridized carbons (Fsp3) is 0.238. The average molecular weight is 426 g/mol. The summed E-state index contributed by atoms with van der Waals surface area (Å²) in [7, 11) is 0. The molecule has 1 aromatic heterocycles. The number of allylic oxidation sites excluding steroid dienone is 1. The van der Waals surface area contributed by atoms with Crippen LogP contribution in [-0.4, -0.2) is 23.2 Å². The van der Waals surface area contributed by atoms with E-state index in [1.165, 1.54) is 0 Å². The van der Waals surface area contributed by atoms with Gasteiger partial charge in [0.05, 0.1) is 34.3 Å². The van der Waals surface area contributed by atoms with Crippen LogP contribution in [0.25, 0.3) is 22.7 Å². The first-order chi connectivity index (χ1) is 13.0. The molecule has 0 atom stereocenters. The highest BCUT2D eigenvalue weighted by molar-refractivity contribution is 9.10. The molecule has 0 saturated heterocycles. The van der Waals surface area contributed by atoms with E-state index < -0.39 is 0 Å². The van der Waals surface area contributed by atoms with Crippen molar-refractivity contribution in [3.63, 3.8) is 0 Å². The Bertz CT molecular complexity index is 1050. The molecule has 0 fully saturated rings. The molecule has 27 heavy (non-hydrogen) atoms. The van der Waals surface area contributed by atoms with Crippen LogP contribution >= 0.6 is 15.9 Å². The van der Waals surface area contributed by atoms with Gasteiger partial charge in [0, 0.05) is 0 Å². The number of rotatable bonds is 6. The van der Waals surface area contributed by atoms with Crippen LogP contribution < -0.4 is 9.47 Å². The van der Waals surface area contributed by atoms with Gasteiger partial charge in [-0.2, -0.15) is 5.26 Å². The van der Waals surface area contributed by atoms with Crippen molar-refractivity contribution < 1.29 is 9.47 Å². The maximum Gasteiger partial charge on any atom is 0.175 e. The first-order valence-electron chi connectivity index (χ1n) is 8.73. The molecule has 0 radical (unpaired) electrons. The molecule has 0 spiro atoms. The Morgan fingerprint density at radius 2 is 2.00 bits per heavy atom. The van der Waals surface area contributed by atoms with Gasteiger partial charge in [0.15, 0.2) is 11.5 Å². The lowest BCUT2D eigenvalue weighted by Gasteiger charge is -2.13. The molecule has 2 aromatic carbocycles. The minimum absolute atomic E-state index is 0.447. The van der Waals surface area contributed by atoms with Crippen LogP contribution in [0.1, 0.15) is 30.8 Å². The maximum absolute atomic E-state index is 9.66. The largest absolute Gasteiger partial charge is 0.490 e. The summed E-state index contributed by atoms with van der Waals surface area (Å²) in [6.45, 7) is 6.92. The molecule has 138 valence electrons. The second kappa shape index (κ2) is 8.28. The topological polar surface area (TPSA) is 70.9 Å². The average Bonchev–Trinajstić information content (AvgIpc) is 3.05. The van der Waals surface area contributed by atoms with Crippen molar-refractivity contribution in [1.29, 1.82) is 5.26 Å². The number of aromatic amines is 1.